The smallest absolute Gasteiger partial charge is 0.338 e. The van der Waals surface area contributed by atoms with Gasteiger partial charge in [0.15, 0.2) is 0 Å². The first-order valence-corrected chi connectivity index (χ1v) is 11.4. The van der Waals surface area contributed by atoms with Crippen LogP contribution in [0.3, 0.4) is 0 Å². The number of aromatic nitrogens is 1. The number of hydrogen-bond donors (Lipinski definition) is 0. The predicted octanol–water partition coefficient (Wildman–Crippen LogP) is 6.98. The molecule has 0 atom stereocenters. The average molecular weight is 463 g/mol. The number of para-hydroxylation sites is 1. The summed E-state index contributed by atoms with van der Waals surface area (Å²) in [5.74, 6) is 0.808. The zero-order valence-corrected chi connectivity index (χ0v) is 18.8. The molecular weight excluding hydrogens is 444 g/mol. The Kier molecular flexibility index (Phi) is 6.02. The Balaban J connectivity index is 1.30. The van der Waals surface area contributed by atoms with E-state index in [0.29, 0.717) is 27.7 Å². The van der Waals surface area contributed by atoms with E-state index in [9.17, 15) is 10.1 Å². The first kappa shape index (κ1) is 21.4. The molecule has 0 N–H and O–H groups in total. The Bertz CT molecular complexity index is 1490. The maximum Gasteiger partial charge on any atom is 0.338 e. The van der Waals surface area contributed by atoms with Crippen LogP contribution in [0, 0.1) is 11.3 Å². The Labute approximate surface area is 200 Å². The number of hydrogen-bond acceptors (Lipinski definition) is 6. The Morgan fingerprint density at radius 3 is 2.50 bits per heavy atom. The molecule has 5 nitrogen and oxygen atoms in total. The van der Waals surface area contributed by atoms with Crippen LogP contribution in [0.4, 0.5) is 0 Å². The van der Waals surface area contributed by atoms with Crippen molar-refractivity contribution in [2.45, 2.75) is 6.61 Å². The molecule has 0 unspecified atom stereocenters. The van der Waals surface area contributed by atoms with Crippen molar-refractivity contribution in [2.75, 3.05) is 0 Å². The number of thiazole rings is 1. The lowest BCUT2D eigenvalue weighted by atomic mass is 10.1. The van der Waals surface area contributed by atoms with Crippen LogP contribution in [0.1, 0.15) is 26.7 Å². The second kappa shape index (κ2) is 9.57. The van der Waals surface area contributed by atoms with Crippen molar-refractivity contribution in [3.63, 3.8) is 0 Å². The molecule has 0 bridgehead atoms. The van der Waals surface area contributed by atoms with Gasteiger partial charge in [-0.2, -0.15) is 5.26 Å². The SMILES string of the molecule is N#CC(=Cc1ccc(-c2ccc(C(=O)OCc3ccccc3)cc2)o1)c1nc2ccccc2s1. The largest absolute Gasteiger partial charge is 0.457 e. The topological polar surface area (TPSA) is 76.1 Å². The number of fused-ring (bicyclic) bond motifs is 1. The van der Waals surface area contributed by atoms with Gasteiger partial charge in [-0.25, -0.2) is 9.78 Å². The van der Waals surface area contributed by atoms with Gasteiger partial charge in [-0.05, 0) is 42.0 Å². The molecule has 5 rings (SSSR count). The fourth-order valence-corrected chi connectivity index (χ4v) is 4.37. The van der Waals surface area contributed by atoms with Gasteiger partial charge in [0.25, 0.3) is 0 Å². The molecule has 34 heavy (non-hydrogen) atoms. The van der Waals surface area contributed by atoms with E-state index in [2.05, 4.69) is 11.1 Å². The van der Waals surface area contributed by atoms with E-state index < -0.39 is 0 Å². The van der Waals surface area contributed by atoms with Crippen LogP contribution >= 0.6 is 11.3 Å². The van der Waals surface area contributed by atoms with Crippen molar-refractivity contribution in [1.82, 2.24) is 4.98 Å². The van der Waals surface area contributed by atoms with Gasteiger partial charge in [0, 0.05) is 11.6 Å². The summed E-state index contributed by atoms with van der Waals surface area (Å²) in [5, 5.41) is 10.3. The van der Waals surface area contributed by atoms with Crippen molar-refractivity contribution in [3.05, 3.63) is 113 Å². The quantitative estimate of drug-likeness (QED) is 0.201. The summed E-state index contributed by atoms with van der Waals surface area (Å²) in [6.07, 6.45) is 1.69. The monoisotopic (exact) mass is 462 g/mol. The van der Waals surface area contributed by atoms with Crippen LogP contribution in [0.5, 0.6) is 0 Å². The number of carbonyl (C=O) groups is 1. The molecule has 0 saturated heterocycles. The van der Waals surface area contributed by atoms with Crippen molar-refractivity contribution < 1.29 is 13.9 Å². The van der Waals surface area contributed by atoms with Crippen molar-refractivity contribution >= 4 is 39.2 Å². The molecule has 0 aliphatic rings. The summed E-state index contributed by atoms with van der Waals surface area (Å²) in [5.41, 5.74) is 3.53. The van der Waals surface area contributed by atoms with Crippen LogP contribution in [-0.4, -0.2) is 11.0 Å². The van der Waals surface area contributed by atoms with Crippen LogP contribution in [0.25, 0.3) is 33.2 Å². The molecule has 2 heterocycles. The van der Waals surface area contributed by atoms with Gasteiger partial charge in [0.05, 0.1) is 21.4 Å². The molecular formula is C28H18N2O3S. The Hall–Kier alpha value is -4.47. The van der Waals surface area contributed by atoms with E-state index in [1.54, 1.807) is 18.2 Å². The number of nitriles is 1. The standard InChI is InChI=1S/C28H18N2O3S/c29-17-22(27-30-24-8-4-5-9-26(24)34-27)16-23-14-15-25(33-23)20-10-12-21(13-11-20)28(31)32-18-19-6-2-1-3-7-19/h1-16H,18H2. The lowest BCUT2D eigenvalue weighted by molar-refractivity contribution is 0.0472. The number of carbonyl (C=O) groups excluding carboxylic acids is 1. The van der Waals surface area contributed by atoms with E-state index in [1.807, 2.05) is 78.9 Å². The van der Waals surface area contributed by atoms with Gasteiger partial charge in [-0.1, -0.05) is 54.6 Å². The van der Waals surface area contributed by atoms with Crippen LogP contribution < -0.4 is 0 Å². The van der Waals surface area contributed by atoms with Gasteiger partial charge in [0.1, 0.15) is 29.2 Å². The van der Waals surface area contributed by atoms with E-state index >= 15 is 0 Å². The maximum absolute atomic E-state index is 12.3. The lowest BCUT2D eigenvalue weighted by Crippen LogP contribution is -2.04. The van der Waals surface area contributed by atoms with E-state index in [1.165, 1.54) is 11.3 Å². The highest BCUT2D eigenvalue weighted by Crippen LogP contribution is 2.29. The zero-order chi connectivity index (χ0) is 23.3. The third-order valence-electron chi connectivity index (χ3n) is 5.18. The van der Waals surface area contributed by atoms with Crippen LogP contribution in [0.15, 0.2) is 95.4 Å². The summed E-state index contributed by atoms with van der Waals surface area (Å²) in [6, 6.07) is 30.2. The molecule has 164 valence electrons. The maximum atomic E-state index is 12.3. The van der Waals surface area contributed by atoms with E-state index in [-0.39, 0.29) is 12.6 Å². The van der Waals surface area contributed by atoms with Crippen LogP contribution in [-0.2, 0) is 11.3 Å². The highest BCUT2D eigenvalue weighted by Gasteiger charge is 2.12. The van der Waals surface area contributed by atoms with E-state index in [0.717, 1.165) is 21.3 Å². The van der Waals surface area contributed by atoms with Crippen LogP contribution in [0.2, 0.25) is 0 Å². The molecule has 0 amide bonds. The molecule has 0 aliphatic heterocycles. The second-order valence-electron chi connectivity index (χ2n) is 7.50. The molecule has 0 fully saturated rings. The number of esters is 1. The third kappa shape index (κ3) is 4.65. The molecule has 0 saturated carbocycles. The van der Waals surface area contributed by atoms with Crippen molar-refractivity contribution in [1.29, 1.82) is 5.26 Å². The molecule has 3 aromatic carbocycles. The Morgan fingerprint density at radius 2 is 1.74 bits per heavy atom. The number of ether oxygens (including phenoxy) is 1. The van der Waals surface area contributed by atoms with Gasteiger partial charge < -0.3 is 9.15 Å². The Morgan fingerprint density at radius 1 is 0.971 bits per heavy atom. The molecule has 2 aromatic heterocycles. The number of benzene rings is 3. The number of allylic oxidation sites excluding steroid dienone is 1. The molecule has 5 aromatic rings. The summed E-state index contributed by atoms with van der Waals surface area (Å²) in [6.45, 7) is 0.227. The van der Waals surface area contributed by atoms with E-state index in [4.69, 9.17) is 9.15 Å². The van der Waals surface area contributed by atoms with Gasteiger partial charge >= 0.3 is 5.97 Å². The van der Waals surface area contributed by atoms with Crippen molar-refractivity contribution in [2.24, 2.45) is 0 Å². The lowest BCUT2D eigenvalue weighted by Gasteiger charge is -2.05. The first-order valence-electron chi connectivity index (χ1n) is 10.6. The minimum atomic E-state index is -0.382. The molecule has 0 spiro atoms. The minimum absolute atomic E-state index is 0.227. The van der Waals surface area contributed by atoms with Gasteiger partial charge in [0.2, 0.25) is 0 Å². The minimum Gasteiger partial charge on any atom is -0.457 e. The van der Waals surface area contributed by atoms with Gasteiger partial charge in [-0.15, -0.1) is 11.3 Å². The second-order valence-corrected chi connectivity index (χ2v) is 8.53. The fraction of sp³-hybridized carbons (Fsp3) is 0.0357. The number of rotatable bonds is 6. The number of furan rings is 1. The highest BCUT2D eigenvalue weighted by molar-refractivity contribution is 7.19. The molecule has 6 heteroatoms. The third-order valence-corrected chi connectivity index (χ3v) is 6.25. The average Bonchev–Trinajstić information content (AvgIpc) is 3.53. The normalized spacial score (nSPS) is 11.3. The predicted molar refractivity (Wildman–Crippen MR) is 133 cm³/mol. The summed E-state index contributed by atoms with van der Waals surface area (Å²) in [7, 11) is 0. The zero-order valence-electron chi connectivity index (χ0n) is 18.0. The summed E-state index contributed by atoms with van der Waals surface area (Å²) < 4.78 is 12.3. The summed E-state index contributed by atoms with van der Waals surface area (Å²) in [4.78, 5) is 16.9. The number of nitrogens with zero attached hydrogens (tertiary/aromatic N) is 2. The molecule has 0 aliphatic carbocycles. The van der Waals surface area contributed by atoms with Gasteiger partial charge in [-0.3, -0.25) is 0 Å². The van der Waals surface area contributed by atoms with Crippen molar-refractivity contribution in [3.8, 4) is 17.4 Å². The first-order chi connectivity index (χ1) is 16.7. The highest BCUT2D eigenvalue weighted by atomic mass is 32.1. The fourth-order valence-electron chi connectivity index (χ4n) is 3.43. The molecule has 0 radical (unpaired) electrons. The summed E-state index contributed by atoms with van der Waals surface area (Å²) >= 11 is 1.47.